The summed E-state index contributed by atoms with van der Waals surface area (Å²) in [5.41, 5.74) is 11.0. The van der Waals surface area contributed by atoms with Gasteiger partial charge in [0.05, 0.1) is 23.3 Å². The van der Waals surface area contributed by atoms with Gasteiger partial charge in [0.25, 0.3) is 0 Å². The second kappa shape index (κ2) is 6.05. The van der Waals surface area contributed by atoms with Gasteiger partial charge in [-0.05, 0) is 29.3 Å². The third kappa shape index (κ3) is 2.52. The summed E-state index contributed by atoms with van der Waals surface area (Å²) in [5, 5.41) is 18.9. The Balaban J connectivity index is 2.36. The van der Waals surface area contributed by atoms with Gasteiger partial charge in [-0.2, -0.15) is 10.5 Å². The first-order chi connectivity index (χ1) is 11.3. The van der Waals surface area contributed by atoms with Crippen molar-refractivity contribution >= 4 is 5.69 Å². The molecule has 0 aliphatic rings. The number of hydrogen-bond donors (Lipinski definition) is 1. The Labute approximate surface area is 134 Å². The van der Waals surface area contributed by atoms with E-state index < -0.39 is 0 Å². The van der Waals surface area contributed by atoms with Gasteiger partial charge in [-0.3, -0.25) is 0 Å². The van der Waals surface area contributed by atoms with Crippen LogP contribution in [0.3, 0.4) is 0 Å². The topological polar surface area (TPSA) is 73.6 Å². The van der Waals surface area contributed by atoms with Crippen LogP contribution in [0.15, 0.2) is 66.7 Å². The highest BCUT2D eigenvalue weighted by molar-refractivity contribution is 5.91. The van der Waals surface area contributed by atoms with E-state index >= 15 is 0 Å². The average molecular weight is 295 g/mol. The molecule has 0 bridgehead atoms. The summed E-state index contributed by atoms with van der Waals surface area (Å²) in [6.07, 6.45) is 0. The first-order valence-electron chi connectivity index (χ1n) is 7.13. The van der Waals surface area contributed by atoms with Crippen molar-refractivity contribution in [2.24, 2.45) is 0 Å². The Kier molecular flexibility index (Phi) is 3.78. The van der Waals surface area contributed by atoms with Crippen molar-refractivity contribution in [1.82, 2.24) is 0 Å². The van der Waals surface area contributed by atoms with Gasteiger partial charge in [-0.15, -0.1) is 0 Å². The second-order valence-corrected chi connectivity index (χ2v) is 5.08. The van der Waals surface area contributed by atoms with Crippen LogP contribution in [-0.4, -0.2) is 0 Å². The SMILES string of the molecule is N#Cc1cccc(C#N)c1-c1ccccc1-c1ccccc1N. The van der Waals surface area contributed by atoms with Crippen LogP contribution in [0, 0.1) is 22.7 Å². The van der Waals surface area contributed by atoms with E-state index in [-0.39, 0.29) is 0 Å². The summed E-state index contributed by atoms with van der Waals surface area (Å²) >= 11 is 0. The van der Waals surface area contributed by atoms with Crippen LogP contribution < -0.4 is 5.73 Å². The van der Waals surface area contributed by atoms with Crippen LogP contribution in [0.25, 0.3) is 22.3 Å². The van der Waals surface area contributed by atoms with Gasteiger partial charge < -0.3 is 5.73 Å². The third-order valence-electron chi connectivity index (χ3n) is 3.75. The van der Waals surface area contributed by atoms with E-state index in [0.717, 1.165) is 16.7 Å². The lowest BCUT2D eigenvalue weighted by Crippen LogP contribution is -1.95. The Morgan fingerprint density at radius 1 is 0.609 bits per heavy atom. The summed E-state index contributed by atoms with van der Waals surface area (Å²) in [5.74, 6) is 0. The number of rotatable bonds is 2. The van der Waals surface area contributed by atoms with Gasteiger partial charge in [0.1, 0.15) is 0 Å². The fourth-order valence-corrected chi connectivity index (χ4v) is 2.71. The smallest absolute Gasteiger partial charge is 0.0998 e. The first-order valence-corrected chi connectivity index (χ1v) is 7.13. The maximum absolute atomic E-state index is 9.43. The Hall–Kier alpha value is -3.56. The lowest BCUT2D eigenvalue weighted by atomic mass is 9.89. The third-order valence-corrected chi connectivity index (χ3v) is 3.75. The zero-order valence-electron chi connectivity index (χ0n) is 12.3. The highest BCUT2D eigenvalue weighted by Gasteiger charge is 2.15. The van der Waals surface area contributed by atoms with Crippen LogP contribution in [0.5, 0.6) is 0 Å². The molecule has 0 aliphatic heterocycles. The molecule has 23 heavy (non-hydrogen) atoms. The molecule has 3 rings (SSSR count). The molecule has 0 fully saturated rings. The molecule has 0 amide bonds. The van der Waals surface area contributed by atoms with Crippen molar-refractivity contribution in [1.29, 1.82) is 10.5 Å². The first kappa shape index (κ1) is 14.4. The molecular weight excluding hydrogens is 282 g/mol. The molecule has 108 valence electrons. The number of hydrogen-bond acceptors (Lipinski definition) is 3. The molecule has 0 unspecified atom stereocenters. The van der Waals surface area contributed by atoms with Crippen molar-refractivity contribution in [3.63, 3.8) is 0 Å². The summed E-state index contributed by atoms with van der Waals surface area (Å²) < 4.78 is 0. The highest BCUT2D eigenvalue weighted by atomic mass is 14.6. The van der Waals surface area contributed by atoms with Gasteiger partial charge in [0, 0.05) is 16.8 Å². The molecule has 0 atom stereocenters. The minimum absolute atomic E-state index is 0.478. The van der Waals surface area contributed by atoms with Crippen molar-refractivity contribution in [3.05, 3.63) is 77.9 Å². The van der Waals surface area contributed by atoms with Crippen LogP contribution in [0.1, 0.15) is 11.1 Å². The zero-order valence-corrected chi connectivity index (χ0v) is 12.3. The number of benzene rings is 3. The monoisotopic (exact) mass is 295 g/mol. The number of nitrogen functional groups attached to an aromatic ring is 1. The molecule has 3 nitrogen and oxygen atoms in total. The number of nitrogens with two attached hydrogens (primary N) is 1. The van der Waals surface area contributed by atoms with E-state index in [9.17, 15) is 10.5 Å². The number of nitriles is 2. The molecule has 0 spiro atoms. The Bertz CT molecular complexity index is 927. The standard InChI is InChI=1S/C20H13N3/c21-12-14-6-5-7-15(13-22)20(14)18-10-2-1-8-16(18)17-9-3-4-11-19(17)23/h1-11H,23H2. The van der Waals surface area contributed by atoms with Crippen molar-refractivity contribution in [3.8, 4) is 34.4 Å². The number of para-hydroxylation sites is 1. The van der Waals surface area contributed by atoms with E-state index in [1.807, 2.05) is 48.5 Å². The van der Waals surface area contributed by atoms with Gasteiger partial charge in [0.15, 0.2) is 0 Å². The van der Waals surface area contributed by atoms with E-state index in [2.05, 4.69) is 12.1 Å². The Morgan fingerprint density at radius 3 is 1.70 bits per heavy atom. The van der Waals surface area contributed by atoms with Crippen LogP contribution in [0.4, 0.5) is 5.69 Å². The lowest BCUT2D eigenvalue weighted by molar-refractivity contribution is 1.44. The Morgan fingerprint density at radius 2 is 1.13 bits per heavy atom. The molecule has 0 saturated heterocycles. The summed E-state index contributed by atoms with van der Waals surface area (Å²) in [6.45, 7) is 0. The summed E-state index contributed by atoms with van der Waals surface area (Å²) in [6, 6.07) is 24.8. The van der Waals surface area contributed by atoms with Gasteiger partial charge >= 0.3 is 0 Å². The van der Waals surface area contributed by atoms with Crippen molar-refractivity contribution in [2.75, 3.05) is 5.73 Å². The predicted octanol–water partition coefficient (Wildman–Crippen LogP) is 4.35. The molecule has 0 radical (unpaired) electrons. The van der Waals surface area contributed by atoms with E-state index in [1.165, 1.54) is 0 Å². The minimum atomic E-state index is 0.478. The lowest BCUT2D eigenvalue weighted by Gasteiger charge is -2.14. The van der Waals surface area contributed by atoms with Gasteiger partial charge in [-0.25, -0.2) is 0 Å². The van der Waals surface area contributed by atoms with Crippen LogP contribution in [-0.2, 0) is 0 Å². The average Bonchev–Trinajstić information content (AvgIpc) is 2.61. The molecule has 3 aromatic carbocycles. The van der Waals surface area contributed by atoms with E-state index in [0.29, 0.717) is 22.4 Å². The van der Waals surface area contributed by atoms with Gasteiger partial charge in [0.2, 0.25) is 0 Å². The molecule has 0 aromatic heterocycles. The highest BCUT2D eigenvalue weighted by Crippen LogP contribution is 2.37. The minimum Gasteiger partial charge on any atom is -0.398 e. The molecule has 3 aromatic rings. The van der Waals surface area contributed by atoms with Crippen molar-refractivity contribution < 1.29 is 0 Å². The van der Waals surface area contributed by atoms with Crippen LogP contribution >= 0.6 is 0 Å². The van der Waals surface area contributed by atoms with E-state index in [4.69, 9.17) is 5.73 Å². The second-order valence-electron chi connectivity index (χ2n) is 5.08. The number of nitrogens with zero attached hydrogens (tertiary/aromatic N) is 2. The quantitative estimate of drug-likeness (QED) is 0.714. The van der Waals surface area contributed by atoms with Crippen molar-refractivity contribution in [2.45, 2.75) is 0 Å². The fourth-order valence-electron chi connectivity index (χ4n) is 2.71. The molecule has 0 heterocycles. The maximum Gasteiger partial charge on any atom is 0.0998 e. The summed E-state index contributed by atoms with van der Waals surface area (Å²) in [4.78, 5) is 0. The fraction of sp³-hybridized carbons (Fsp3) is 0. The largest absolute Gasteiger partial charge is 0.398 e. The van der Waals surface area contributed by atoms with Crippen LogP contribution in [0.2, 0.25) is 0 Å². The predicted molar refractivity (Wildman–Crippen MR) is 91.2 cm³/mol. The zero-order chi connectivity index (χ0) is 16.2. The normalized spacial score (nSPS) is 9.83. The molecular formula is C20H13N3. The molecule has 3 heteroatoms. The van der Waals surface area contributed by atoms with Gasteiger partial charge in [-0.1, -0.05) is 48.5 Å². The molecule has 0 saturated carbocycles. The maximum atomic E-state index is 9.43. The molecule has 0 aliphatic carbocycles. The number of anilines is 1. The summed E-state index contributed by atoms with van der Waals surface area (Å²) in [7, 11) is 0. The molecule has 2 N–H and O–H groups in total. The van der Waals surface area contributed by atoms with E-state index in [1.54, 1.807) is 18.2 Å².